The van der Waals surface area contributed by atoms with Gasteiger partial charge in [-0.15, -0.1) is 0 Å². The van der Waals surface area contributed by atoms with Crippen LogP contribution in [0.2, 0.25) is 0 Å². The van der Waals surface area contributed by atoms with Crippen LogP contribution in [0.25, 0.3) is 0 Å². The minimum absolute atomic E-state index is 0.0576. The van der Waals surface area contributed by atoms with Crippen LogP contribution in [0.4, 0.5) is 28.9 Å². The van der Waals surface area contributed by atoms with Crippen molar-refractivity contribution in [3.63, 3.8) is 0 Å². The Balaban J connectivity index is 1.36. The topological polar surface area (TPSA) is 6.48 Å². The van der Waals surface area contributed by atoms with Gasteiger partial charge >= 0.3 is 329 Å². The van der Waals surface area contributed by atoms with Crippen LogP contribution in [-0.2, 0) is 29.7 Å². The van der Waals surface area contributed by atoms with E-state index in [1.807, 2.05) is 97.1 Å². The van der Waals surface area contributed by atoms with Crippen molar-refractivity contribution in [3.05, 3.63) is 164 Å². The van der Waals surface area contributed by atoms with Gasteiger partial charge in [-0.2, -0.15) is 0 Å². The van der Waals surface area contributed by atoms with Gasteiger partial charge in [-0.1, -0.05) is 0 Å². The van der Waals surface area contributed by atoms with Crippen molar-refractivity contribution in [2.45, 2.75) is 102 Å². The van der Waals surface area contributed by atoms with Crippen LogP contribution in [-0.4, -0.2) is 12.1 Å². The number of nitrogens with zero attached hydrogens (tertiary/aromatic N) is 2. The van der Waals surface area contributed by atoms with E-state index in [4.69, 9.17) is 0 Å². The molecule has 2 saturated carbocycles. The van der Waals surface area contributed by atoms with Gasteiger partial charge in [0.15, 0.2) is 0 Å². The molecular formula is C48H50F4N2Ti. The number of allylic oxidation sites excluding steroid dienone is 8. The standard InChI is InChI=1S/2C19H20F2N.2C5H5.Ti/c2*20-16-11-12-19(18(21)13-16)22(17-9-5-2-6-10-17)14-15-7-3-1-4-8-15;2*1-2-4-5-3-1;/h2*1,3-4,7-8,11-12,17H,2,5-6,9-10,14H2;2*1-3H,4H2;. The van der Waals surface area contributed by atoms with Crippen molar-refractivity contribution in [2.24, 2.45) is 0 Å². The molecule has 284 valence electrons. The van der Waals surface area contributed by atoms with Crippen LogP contribution < -0.4 is 17.5 Å². The molecule has 0 bridgehead atoms. The molecule has 0 aromatic heterocycles. The van der Waals surface area contributed by atoms with Crippen molar-refractivity contribution < 1.29 is 34.2 Å². The predicted octanol–water partition coefficient (Wildman–Crippen LogP) is 11.7. The summed E-state index contributed by atoms with van der Waals surface area (Å²) >= 11 is -5.08. The van der Waals surface area contributed by atoms with E-state index < -0.39 is 39.9 Å². The molecule has 55 heavy (non-hydrogen) atoms. The number of rotatable bonds is 12. The molecule has 0 aliphatic heterocycles. The van der Waals surface area contributed by atoms with E-state index >= 15 is 17.6 Å². The monoisotopic (exact) mass is 778 g/mol. The molecule has 0 unspecified atom stereocenters. The summed E-state index contributed by atoms with van der Waals surface area (Å²) in [6.07, 6.45) is 22.2. The van der Waals surface area contributed by atoms with E-state index in [9.17, 15) is 0 Å². The Bertz CT molecular complexity index is 1940. The first kappa shape index (κ1) is 37.8. The van der Waals surface area contributed by atoms with E-state index in [-0.39, 0.29) is 19.8 Å². The summed E-state index contributed by atoms with van der Waals surface area (Å²) in [7, 11) is 0. The Hall–Kier alpha value is -4.13. The van der Waals surface area contributed by atoms with E-state index in [0.29, 0.717) is 37.3 Å². The summed E-state index contributed by atoms with van der Waals surface area (Å²) in [4.78, 5) is 4.21. The van der Waals surface area contributed by atoms with Crippen molar-refractivity contribution in [2.75, 3.05) is 9.80 Å². The molecule has 4 aliphatic rings. The Morgan fingerprint density at radius 1 is 0.491 bits per heavy atom. The number of halogens is 4. The number of anilines is 2. The van der Waals surface area contributed by atoms with E-state index in [2.05, 4.69) is 9.80 Å². The van der Waals surface area contributed by atoms with Crippen molar-refractivity contribution in [3.8, 4) is 0 Å². The fraction of sp³-hybridized carbons (Fsp3) is 0.333. The summed E-state index contributed by atoms with van der Waals surface area (Å²) in [5, 5.41) is 0. The first-order valence-corrected chi connectivity index (χ1v) is 23.4. The molecule has 2 fully saturated rings. The SMILES string of the molecule is Fc1ccc(N(Cc2ccccc2)C2CCCCC2)c(F)[c]1[Ti]([C]1=CC=CC1)([C]1=CC=CC1)[c]1c(F)ccc(N(Cc2ccccc2)C2CCCCC2)c1F. The molecule has 0 radical (unpaired) electrons. The Morgan fingerprint density at radius 3 is 1.25 bits per heavy atom. The summed E-state index contributed by atoms with van der Waals surface area (Å²) in [6.45, 7) is 0.909. The normalized spacial score (nSPS) is 17.7. The molecule has 2 nitrogen and oxygen atoms in total. The van der Waals surface area contributed by atoms with E-state index in [1.54, 1.807) is 12.1 Å². The zero-order valence-electron chi connectivity index (χ0n) is 31.5. The summed E-state index contributed by atoms with van der Waals surface area (Å²) < 4.78 is 72.1. The quantitative estimate of drug-likeness (QED) is 0.104. The van der Waals surface area contributed by atoms with Crippen LogP contribution in [0.5, 0.6) is 0 Å². The molecule has 7 heteroatoms. The van der Waals surface area contributed by atoms with Gasteiger partial charge in [0, 0.05) is 0 Å². The molecule has 0 spiro atoms. The molecule has 4 aromatic rings. The molecule has 4 aliphatic carbocycles. The average Bonchev–Trinajstić information content (AvgIpc) is 3.97. The Labute approximate surface area is 327 Å². The van der Waals surface area contributed by atoms with Crippen LogP contribution in [0, 0.1) is 23.3 Å². The molecular weight excluding hydrogens is 728 g/mol. The van der Waals surface area contributed by atoms with Gasteiger partial charge in [0.2, 0.25) is 0 Å². The maximum absolute atomic E-state index is 18.2. The maximum atomic E-state index is 18.2. The second-order valence-electron chi connectivity index (χ2n) is 15.7. The van der Waals surface area contributed by atoms with Gasteiger partial charge in [0.25, 0.3) is 0 Å². The van der Waals surface area contributed by atoms with Gasteiger partial charge in [-0.3, -0.25) is 0 Å². The summed E-state index contributed by atoms with van der Waals surface area (Å²) in [5.74, 6) is -2.83. The molecule has 8 rings (SSSR count). The van der Waals surface area contributed by atoms with Gasteiger partial charge in [0.05, 0.1) is 0 Å². The number of hydrogen-bond donors (Lipinski definition) is 0. The third kappa shape index (κ3) is 7.45. The van der Waals surface area contributed by atoms with Crippen molar-refractivity contribution in [1.29, 1.82) is 0 Å². The summed E-state index contributed by atoms with van der Waals surface area (Å²) in [6, 6.07) is 26.0. The number of hydrogen-bond acceptors (Lipinski definition) is 2. The first-order chi connectivity index (χ1) is 27.0. The predicted molar refractivity (Wildman–Crippen MR) is 215 cm³/mol. The average molecular weight is 779 g/mol. The third-order valence-electron chi connectivity index (χ3n) is 12.4. The van der Waals surface area contributed by atoms with E-state index in [0.717, 1.165) is 83.1 Å². The number of benzene rings is 4. The zero-order chi connectivity index (χ0) is 37.8. The molecule has 0 N–H and O–H groups in total. The Kier molecular flexibility index (Phi) is 11.6. The second kappa shape index (κ2) is 16.9. The van der Waals surface area contributed by atoms with Crippen LogP contribution >= 0.6 is 0 Å². The van der Waals surface area contributed by atoms with E-state index in [1.165, 1.54) is 12.1 Å². The minimum atomic E-state index is -5.08. The molecule has 0 atom stereocenters. The molecule has 0 heterocycles. The van der Waals surface area contributed by atoms with Crippen LogP contribution in [0.15, 0.2) is 129 Å². The summed E-state index contributed by atoms with van der Waals surface area (Å²) in [5.41, 5.74) is 2.68. The Morgan fingerprint density at radius 2 is 0.891 bits per heavy atom. The second-order valence-corrected chi connectivity index (χ2v) is 21.6. The molecule has 0 amide bonds. The van der Waals surface area contributed by atoms with Crippen LogP contribution in [0.1, 0.15) is 88.2 Å². The van der Waals surface area contributed by atoms with Gasteiger partial charge < -0.3 is 0 Å². The van der Waals surface area contributed by atoms with Gasteiger partial charge in [-0.05, 0) is 0 Å². The van der Waals surface area contributed by atoms with Crippen LogP contribution in [0.3, 0.4) is 0 Å². The first-order valence-electron chi connectivity index (χ1n) is 20.3. The molecule has 4 aromatic carbocycles. The third-order valence-corrected chi connectivity index (χ3v) is 20.4. The fourth-order valence-corrected chi connectivity index (χ4v) is 18.1. The van der Waals surface area contributed by atoms with Gasteiger partial charge in [0.1, 0.15) is 0 Å². The van der Waals surface area contributed by atoms with Crippen molar-refractivity contribution >= 4 is 19.1 Å². The zero-order valence-corrected chi connectivity index (χ0v) is 33.1. The molecule has 0 saturated heterocycles. The van der Waals surface area contributed by atoms with Crippen molar-refractivity contribution in [1.82, 2.24) is 0 Å². The van der Waals surface area contributed by atoms with Gasteiger partial charge in [-0.25, -0.2) is 0 Å². The fourth-order valence-electron chi connectivity index (χ4n) is 9.81.